The van der Waals surface area contributed by atoms with Gasteiger partial charge in [-0.05, 0) is 47.9 Å². The number of nitrogens with one attached hydrogen (secondary N) is 1. The van der Waals surface area contributed by atoms with Crippen molar-refractivity contribution in [1.82, 2.24) is 20.0 Å². The van der Waals surface area contributed by atoms with E-state index in [9.17, 15) is 4.79 Å². The molecule has 0 aliphatic carbocycles. The van der Waals surface area contributed by atoms with E-state index in [0.29, 0.717) is 12.5 Å². The van der Waals surface area contributed by atoms with Crippen molar-refractivity contribution in [1.29, 1.82) is 0 Å². The molecule has 6 nitrogen and oxygen atoms in total. The van der Waals surface area contributed by atoms with Crippen LogP contribution in [0.15, 0.2) is 66.7 Å². The summed E-state index contributed by atoms with van der Waals surface area (Å²) >= 11 is 0. The van der Waals surface area contributed by atoms with E-state index in [4.69, 9.17) is 4.74 Å². The Morgan fingerprint density at radius 3 is 2.49 bits per heavy atom. The number of carbonyl (C=O) groups excluding carboxylic acids is 1. The predicted octanol–water partition coefficient (Wildman–Crippen LogP) is 3.85. The van der Waals surface area contributed by atoms with Gasteiger partial charge in [-0.25, -0.2) is 0 Å². The molecule has 2 atom stereocenters. The number of ether oxygens (including phenoxy) is 1. The number of para-hydroxylation sites is 1. The van der Waals surface area contributed by atoms with Gasteiger partial charge in [-0.1, -0.05) is 54.6 Å². The van der Waals surface area contributed by atoms with Gasteiger partial charge in [-0.3, -0.25) is 9.69 Å². The average Bonchev–Trinajstić information content (AvgIpc) is 2.93. The van der Waals surface area contributed by atoms with Crippen molar-refractivity contribution >= 4 is 16.7 Å². The van der Waals surface area contributed by atoms with Crippen LogP contribution >= 0.6 is 0 Å². The van der Waals surface area contributed by atoms with Crippen molar-refractivity contribution in [3.8, 4) is 5.75 Å². The van der Waals surface area contributed by atoms with Crippen LogP contribution in [0.4, 0.5) is 0 Å². The third-order valence-electron chi connectivity index (χ3n) is 7.96. The van der Waals surface area contributed by atoms with Crippen molar-refractivity contribution in [2.45, 2.75) is 19.5 Å². The first-order valence-electron chi connectivity index (χ1n) is 13.6. The van der Waals surface area contributed by atoms with Crippen LogP contribution in [-0.2, 0) is 17.9 Å². The van der Waals surface area contributed by atoms with Gasteiger partial charge < -0.3 is 19.9 Å². The Morgan fingerprint density at radius 1 is 0.919 bits per heavy atom. The summed E-state index contributed by atoms with van der Waals surface area (Å²) in [6.07, 6.45) is 0.943. The van der Waals surface area contributed by atoms with E-state index in [0.717, 1.165) is 70.1 Å². The first-order chi connectivity index (χ1) is 18.1. The molecule has 2 fully saturated rings. The van der Waals surface area contributed by atoms with Crippen molar-refractivity contribution in [2.24, 2.45) is 11.8 Å². The highest BCUT2D eigenvalue weighted by molar-refractivity contribution is 5.83. The molecule has 0 aromatic heterocycles. The molecule has 2 aliphatic heterocycles. The van der Waals surface area contributed by atoms with E-state index < -0.39 is 0 Å². The summed E-state index contributed by atoms with van der Waals surface area (Å²) in [6.45, 7) is 8.74. The molecule has 0 radical (unpaired) electrons. The number of piperazine rings is 1. The summed E-state index contributed by atoms with van der Waals surface area (Å²) in [5.41, 5.74) is 2.32. The molecule has 0 bridgehead atoms. The van der Waals surface area contributed by atoms with Gasteiger partial charge in [0.25, 0.3) is 0 Å². The van der Waals surface area contributed by atoms with Crippen LogP contribution in [0.5, 0.6) is 5.75 Å². The van der Waals surface area contributed by atoms with E-state index in [1.807, 2.05) is 24.3 Å². The highest BCUT2D eigenvalue weighted by atomic mass is 16.5. The SMILES string of the molecule is COc1ccccc1CNC(=O)[C@@H]1C[C@H](CN2CCN(C)CC2)CN(Cc2ccc3ccccc3c2)C1. The number of carbonyl (C=O) groups is 1. The topological polar surface area (TPSA) is 48.1 Å². The molecule has 2 saturated heterocycles. The van der Waals surface area contributed by atoms with E-state index in [1.165, 1.54) is 16.3 Å². The standard InChI is InChI=1S/C31H40N4O2/c1-33-13-15-34(16-14-33)21-25-18-29(31(36)32-19-28-9-5-6-10-30(28)37-2)23-35(22-25)20-24-11-12-26-7-3-4-8-27(26)17-24/h3-12,17,25,29H,13-16,18-23H2,1-2H3,(H,32,36)/t25-,29-/m1/s1. The molecule has 0 unspecified atom stereocenters. The predicted molar refractivity (Wildman–Crippen MR) is 150 cm³/mol. The molecule has 3 aromatic rings. The number of likely N-dealkylation sites (N-methyl/N-ethyl adjacent to an activating group) is 1. The summed E-state index contributed by atoms with van der Waals surface area (Å²) < 4.78 is 5.48. The van der Waals surface area contributed by atoms with Crippen LogP contribution in [0.25, 0.3) is 10.8 Å². The minimum absolute atomic E-state index is 0.0126. The van der Waals surface area contributed by atoms with Crippen molar-refractivity contribution in [3.05, 3.63) is 77.9 Å². The highest BCUT2D eigenvalue weighted by Crippen LogP contribution is 2.26. The first-order valence-corrected chi connectivity index (χ1v) is 13.6. The smallest absolute Gasteiger partial charge is 0.224 e. The van der Waals surface area contributed by atoms with E-state index >= 15 is 0 Å². The van der Waals surface area contributed by atoms with Crippen LogP contribution < -0.4 is 10.1 Å². The fourth-order valence-corrected chi connectivity index (χ4v) is 5.92. The summed E-state index contributed by atoms with van der Waals surface area (Å²) in [4.78, 5) is 20.9. The van der Waals surface area contributed by atoms with Crippen LogP contribution in [0.2, 0.25) is 0 Å². The number of likely N-dealkylation sites (tertiary alicyclic amines) is 1. The van der Waals surface area contributed by atoms with Gasteiger partial charge in [0.1, 0.15) is 5.75 Å². The maximum absolute atomic E-state index is 13.4. The number of nitrogens with zero attached hydrogens (tertiary/aromatic N) is 3. The van der Waals surface area contributed by atoms with E-state index in [1.54, 1.807) is 7.11 Å². The van der Waals surface area contributed by atoms with Crippen LogP contribution in [0, 0.1) is 11.8 Å². The second-order valence-electron chi connectivity index (χ2n) is 10.8. The number of methoxy groups -OCH3 is 1. The summed E-state index contributed by atoms with van der Waals surface area (Å²) in [6, 6.07) is 23.2. The van der Waals surface area contributed by atoms with Gasteiger partial charge in [-0.2, -0.15) is 0 Å². The normalized spacial score (nSPS) is 21.7. The largest absolute Gasteiger partial charge is 0.496 e. The Labute approximate surface area is 221 Å². The third kappa shape index (κ3) is 6.69. The fraction of sp³-hybridized carbons (Fsp3) is 0.452. The van der Waals surface area contributed by atoms with Crippen LogP contribution in [-0.4, -0.2) is 80.6 Å². The van der Waals surface area contributed by atoms with Crippen molar-refractivity contribution in [3.63, 3.8) is 0 Å². The number of hydrogen-bond acceptors (Lipinski definition) is 5. The molecule has 37 heavy (non-hydrogen) atoms. The number of rotatable bonds is 8. The molecular weight excluding hydrogens is 460 g/mol. The Morgan fingerprint density at radius 2 is 1.68 bits per heavy atom. The minimum Gasteiger partial charge on any atom is -0.496 e. The van der Waals surface area contributed by atoms with Crippen molar-refractivity contribution in [2.75, 3.05) is 60.0 Å². The maximum Gasteiger partial charge on any atom is 0.224 e. The van der Waals surface area contributed by atoms with Gasteiger partial charge in [0.15, 0.2) is 0 Å². The molecule has 1 amide bonds. The number of hydrogen-bond donors (Lipinski definition) is 1. The number of piperidine rings is 1. The molecule has 2 aliphatic rings. The second-order valence-corrected chi connectivity index (χ2v) is 10.8. The maximum atomic E-state index is 13.4. The van der Waals surface area contributed by atoms with Crippen molar-refractivity contribution < 1.29 is 9.53 Å². The molecular formula is C31H40N4O2. The Kier molecular flexibility index (Phi) is 8.39. The molecule has 3 aromatic carbocycles. The monoisotopic (exact) mass is 500 g/mol. The lowest BCUT2D eigenvalue weighted by molar-refractivity contribution is -0.128. The average molecular weight is 501 g/mol. The van der Waals surface area contributed by atoms with Gasteiger partial charge in [0, 0.05) is 64.5 Å². The third-order valence-corrected chi connectivity index (χ3v) is 7.96. The molecule has 5 rings (SSSR count). The molecule has 196 valence electrons. The Balaban J connectivity index is 1.27. The fourth-order valence-electron chi connectivity index (χ4n) is 5.92. The lowest BCUT2D eigenvalue weighted by Gasteiger charge is -2.41. The Bertz CT molecular complexity index is 1190. The molecule has 0 saturated carbocycles. The zero-order valence-corrected chi connectivity index (χ0v) is 22.2. The first kappa shape index (κ1) is 25.7. The van der Waals surface area contributed by atoms with E-state index in [-0.39, 0.29) is 11.8 Å². The molecule has 6 heteroatoms. The zero-order valence-electron chi connectivity index (χ0n) is 22.2. The quantitative estimate of drug-likeness (QED) is 0.509. The number of amides is 1. The van der Waals surface area contributed by atoms with Gasteiger partial charge >= 0.3 is 0 Å². The summed E-state index contributed by atoms with van der Waals surface area (Å²) in [5, 5.41) is 5.76. The molecule has 1 N–H and O–H groups in total. The lowest BCUT2D eigenvalue weighted by atomic mass is 9.87. The lowest BCUT2D eigenvalue weighted by Crippen LogP contribution is -2.51. The van der Waals surface area contributed by atoms with Gasteiger partial charge in [0.05, 0.1) is 13.0 Å². The van der Waals surface area contributed by atoms with Crippen LogP contribution in [0.3, 0.4) is 0 Å². The van der Waals surface area contributed by atoms with Gasteiger partial charge in [-0.15, -0.1) is 0 Å². The summed E-state index contributed by atoms with van der Waals surface area (Å²) in [5.74, 6) is 1.44. The molecule has 0 spiro atoms. The van der Waals surface area contributed by atoms with E-state index in [2.05, 4.69) is 69.5 Å². The van der Waals surface area contributed by atoms with Gasteiger partial charge in [0.2, 0.25) is 5.91 Å². The zero-order chi connectivity index (χ0) is 25.6. The van der Waals surface area contributed by atoms with Crippen LogP contribution in [0.1, 0.15) is 17.5 Å². The number of fused-ring (bicyclic) bond motifs is 1. The minimum atomic E-state index is -0.0126. The highest BCUT2D eigenvalue weighted by Gasteiger charge is 2.33. The molecule has 2 heterocycles. The second kappa shape index (κ2) is 12.1. The number of benzene rings is 3. The Hall–Kier alpha value is -2.93. The summed E-state index contributed by atoms with van der Waals surface area (Å²) in [7, 11) is 3.88.